The molecule has 1 aromatic rings. The van der Waals surface area contributed by atoms with Gasteiger partial charge in [0.2, 0.25) is 0 Å². The standard InChI is InChI=1S/C15H23ClN2O.ClH/c1-15(2,17)11-18-9-5-6-12(10-18)19-14-8-4-3-7-13(14)16;/h3-4,7-8,12H,5-6,9-11,17H2,1-2H3;1H. The number of piperidine rings is 1. The van der Waals surface area contributed by atoms with E-state index in [9.17, 15) is 0 Å². The van der Waals surface area contributed by atoms with Crippen molar-refractivity contribution >= 4 is 24.0 Å². The van der Waals surface area contributed by atoms with Gasteiger partial charge in [0.05, 0.1) is 5.02 Å². The molecule has 1 aliphatic rings. The van der Waals surface area contributed by atoms with Gasteiger partial charge in [-0.05, 0) is 45.4 Å². The number of halogens is 2. The fourth-order valence-corrected chi connectivity index (χ4v) is 2.73. The van der Waals surface area contributed by atoms with Crippen LogP contribution in [0.25, 0.3) is 0 Å². The van der Waals surface area contributed by atoms with Crippen LogP contribution in [-0.4, -0.2) is 36.2 Å². The van der Waals surface area contributed by atoms with Crippen LogP contribution < -0.4 is 10.5 Å². The van der Waals surface area contributed by atoms with Gasteiger partial charge in [0.25, 0.3) is 0 Å². The van der Waals surface area contributed by atoms with Gasteiger partial charge in [-0.1, -0.05) is 23.7 Å². The lowest BCUT2D eigenvalue weighted by Gasteiger charge is -2.36. The minimum absolute atomic E-state index is 0. The van der Waals surface area contributed by atoms with Crippen molar-refractivity contribution in [3.8, 4) is 5.75 Å². The van der Waals surface area contributed by atoms with Crippen molar-refractivity contribution < 1.29 is 4.74 Å². The third-order valence-electron chi connectivity index (χ3n) is 3.22. The highest BCUT2D eigenvalue weighted by Crippen LogP contribution is 2.26. The highest BCUT2D eigenvalue weighted by Gasteiger charge is 2.25. The molecule has 1 atom stereocenters. The third-order valence-corrected chi connectivity index (χ3v) is 3.54. The van der Waals surface area contributed by atoms with Crippen LogP contribution in [0, 0.1) is 0 Å². The molecule has 0 aromatic heterocycles. The van der Waals surface area contributed by atoms with Crippen molar-refractivity contribution in [1.82, 2.24) is 4.90 Å². The Hall–Kier alpha value is -0.480. The Kier molecular flexibility index (Phi) is 6.59. The van der Waals surface area contributed by atoms with E-state index >= 15 is 0 Å². The van der Waals surface area contributed by atoms with E-state index in [-0.39, 0.29) is 24.0 Å². The molecule has 2 N–H and O–H groups in total. The monoisotopic (exact) mass is 318 g/mol. The molecule has 5 heteroatoms. The Morgan fingerprint density at radius 1 is 1.40 bits per heavy atom. The fourth-order valence-electron chi connectivity index (χ4n) is 2.55. The zero-order valence-corrected chi connectivity index (χ0v) is 13.7. The fraction of sp³-hybridized carbons (Fsp3) is 0.600. The molecular formula is C15H24Cl2N2O. The van der Waals surface area contributed by atoms with Crippen LogP contribution in [0.4, 0.5) is 0 Å². The summed E-state index contributed by atoms with van der Waals surface area (Å²) in [7, 11) is 0. The summed E-state index contributed by atoms with van der Waals surface area (Å²) in [6.07, 6.45) is 2.42. The van der Waals surface area contributed by atoms with Crippen molar-refractivity contribution in [3.05, 3.63) is 29.3 Å². The van der Waals surface area contributed by atoms with E-state index in [0.29, 0.717) is 5.02 Å². The number of ether oxygens (including phenoxy) is 1. The summed E-state index contributed by atoms with van der Waals surface area (Å²) in [5, 5.41) is 0.679. The number of benzene rings is 1. The summed E-state index contributed by atoms with van der Waals surface area (Å²) >= 11 is 6.13. The van der Waals surface area contributed by atoms with Gasteiger partial charge in [-0.3, -0.25) is 4.90 Å². The maximum absolute atomic E-state index is 6.13. The molecule has 1 unspecified atom stereocenters. The summed E-state index contributed by atoms with van der Waals surface area (Å²) in [6, 6.07) is 7.65. The van der Waals surface area contributed by atoms with Crippen LogP contribution in [0.3, 0.4) is 0 Å². The number of hydrogen-bond donors (Lipinski definition) is 1. The molecule has 1 aliphatic heterocycles. The molecule has 1 fully saturated rings. The van der Waals surface area contributed by atoms with Crippen molar-refractivity contribution in [1.29, 1.82) is 0 Å². The van der Waals surface area contributed by atoms with E-state index in [1.807, 2.05) is 24.3 Å². The molecule has 2 rings (SSSR count). The molecule has 0 bridgehead atoms. The Bertz CT molecular complexity index is 421. The molecule has 0 saturated carbocycles. The summed E-state index contributed by atoms with van der Waals surface area (Å²) in [5.41, 5.74) is 5.92. The third kappa shape index (κ3) is 5.49. The van der Waals surface area contributed by atoms with Gasteiger partial charge in [0, 0.05) is 18.6 Å². The average molecular weight is 319 g/mol. The van der Waals surface area contributed by atoms with Crippen LogP contribution in [0.2, 0.25) is 5.02 Å². The van der Waals surface area contributed by atoms with Gasteiger partial charge < -0.3 is 10.5 Å². The van der Waals surface area contributed by atoms with Crippen LogP contribution in [-0.2, 0) is 0 Å². The number of nitrogens with zero attached hydrogens (tertiary/aromatic N) is 1. The Morgan fingerprint density at radius 2 is 2.10 bits per heavy atom. The van der Waals surface area contributed by atoms with E-state index in [4.69, 9.17) is 22.1 Å². The minimum Gasteiger partial charge on any atom is -0.488 e. The van der Waals surface area contributed by atoms with Gasteiger partial charge in [-0.25, -0.2) is 0 Å². The van der Waals surface area contributed by atoms with Gasteiger partial charge >= 0.3 is 0 Å². The normalized spacial score (nSPS) is 20.3. The van der Waals surface area contributed by atoms with Crippen molar-refractivity contribution in [2.24, 2.45) is 5.73 Å². The highest BCUT2D eigenvalue weighted by atomic mass is 35.5. The SMILES string of the molecule is CC(C)(N)CN1CCCC(Oc2ccccc2Cl)C1.Cl. The minimum atomic E-state index is -0.160. The molecule has 0 radical (unpaired) electrons. The Balaban J connectivity index is 0.00000200. The molecule has 114 valence electrons. The zero-order chi connectivity index (χ0) is 13.9. The number of rotatable bonds is 4. The van der Waals surface area contributed by atoms with Crippen molar-refractivity contribution in [2.45, 2.75) is 38.3 Å². The molecule has 0 spiro atoms. The second kappa shape index (κ2) is 7.51. The first-order valence-corrected chi connectivity index (χ1v) is 7.24. The molecule has 3 nitrogen and oxygen atoms in total. The van der Waals surface area contributed by atoms with E-state index in [2.05, 4.69) is 18.7 Å². The molecular weight excluding hydrogens is 295 g/mol. The van der Waals surface area contributed by atoms with Gasteiger partial charge in [-0.2, -0.15) is 0 Å². The summed E-state index contributed by atoms with van der Waals surface area (Å²) in [6.45, 7) is 7.04. The quantitative estimate of drug-likeness (QED) is 0.925. The lowest BCUT2D eigenvalue weighted by molar-refractivity contribution is 0.0779. The van der Waals surface area contributed by atoms with E-state index in [1.54, 1.807) is 0 Å². The zero-order valence-electron chi connectivity index (χ0n) is 12.1. The van der Waals surface area contributed by atoms with Gasteiger partial charge in [-0.15, -0.1) is 12.4 Å². The van der Waals surface area contributed by atoms with Crippen molar-refractivity contribution in [2.75, 3.05) is 19.6 Å². The summed E-state index contributed by atoms with van der Waals surface area (Å²) < 4.78 is 6.02. The van der Waals surface area contributed by atoms with Crippen LogP contribution in [0.5, 0.6) is 5.75 Å². The molecule has 0 aliphatic carbocycles. The number of nitrogens with two attached hydrogens (primary N) is 1. The first kappa shape index (κ1) is 17.6. The number of para-hydroxylation sites is 1. The Morgan fingerprint density at radius 3 is 2.75 bits per heavy atom. The maximum Gasteiger partial charge on any atom is 0.138 e. The molecule has 1 saturated heterocycles. The van der Waals surface area contributed by atoms with Crippen molar-refractivity contribution in [3.63, 3.8) is 0 Å². The van der Waals surface area contributed by atoms with E-state index in [0.717, 1.165) is 38.2 Å². The average Bonchev–Trinajstić information content (AvgIpc) is 2.30. The number of hydrogen-bond acceptors (Lipinski definition) is 3. The molecule has 1 aromatic carbocycles. The summed E-state index contributed by atoms with van der Waals surface area (Å²) in [5.74, 6) is 0.781. The van der Waals surface area contributed by atoms with Gasteiger partial charge in [0.15, 0.2) is 0 Å². The maximum atomic E-state index is 6.13. The van der Waals surface area contributed by atoms with E-state index in [1.165, 1.54) is 0 Å². The molecule has 20 heavy (non-hydrogen) atoms. The lowest BCUT2D eigenvalue weighted by Crippen LogP contribution is -2.50. The second-order valence-electron chi connectivity index (χ2n) is 6.04. The topological polar surface area (TPSA) is 38.5 Å². The first-order valence-electron chi connectivity index (χ1n) is 6.86. The predicted octanol–water partition coefficient (Wildman–Crippen LogP) is 3.34. The van der Waals surface area contributed by atoms with Crippen LogP contribution >= 0.6 is 24.0 Å². The Labute approximate surface area is 132 Å². The second-order valence-corrected chi connectivity index (χ2v) is 6.44. The van der Waals surface area contributed by atoms with Gasteiger partial charge in [0.1, 0.15) is 11.9 Å². The molecule has 1 heterocycles. The summed E-state index contributed by atoms with van der Waals surface area (Å²) in [4.78, 5) is 2.38. The largest absolute Gasteiger partial charge is 0.488 e. The number of likely N-dealkylation sites (tertiary alicyclic amines) is 1. The predicted molar refractivity (Wildman–Crippen MR) is 87.1 cm³/mol. The molecule has 0 amide bonds. The lowest BCUT2D eigenvalue weighted by atomic mass is 10.0. The highest BCUT2D eigenvalue weighted by molar-refractivity contribution is 6.32. The van der Waals surface area contributed by atoms with Crippen LogP contribution in [0.1, 0.15) is 26.7 Å². The van der Waals surface area contributed by atoms with E-state index < -0.39 is 0 Å². The smallest absolute Gasteiger partial charge is 0.138 e. The first-order chi connectivity index (χ1) is 8.94. The van der Waals surface area contributed by atoms with Crippen LogP contribution in [0.15, 0.2) is 24.3 Å².